The Morgan fingerprint density at radius 2 is 1.83 bits per heavy atom. The third-order valence-corrected chi connectivity index (χ3v) is 3.62. The van der Waals surface area contributed by atoms with Gasteiger partial charge in [0, 0.05) is 13.0 Å². The molecule has 18 heavy (non-hydrogen) atoms. The number of amides is 1. The Hall–Kier alpha value is -1.31. The van der Waals surface area contributed by atoms with Gasteiger partial charge in [-0.25, -0.2) is 0 Å². The minimum absolute atomic E-state index is 0.148. The summed E-state index contributed by atoms with van der Waals surface area (Å²) in [5.74, 6) is 0.704. The third kappa shape index (κ3) is 5.35. The lowest BCUT2D eigenvalue weighted by Gasteiger charge is -2.26. The highest BCUT2D eigenvalue weighted by molar-refractivity contribution is 5.75. The minimum atomic E-state index is 0.148. The summed E-state index contributed by atoms with van der Waals surface area (Å²) in [5, 5.41) is 2.97. The second kappa shape index (κ2) is 6.58. The molecule has 0 spiro atoms. The van der Waals surface area contributed by atoms with Gasteiger partial charge in [0.1, 0.15) is 0 Å². The van der Waals surface area contributed by atoms with Crippen molar-refractivity contribution in [2.45, 2.75) is 47.1 Å². The molecule has 1 aromatic rings. The van der Waals surface area contributed by atoms with Crippen LogP contribution in [0.5, 0.6) is 0 Å². The summed E-state index contributed by atoms with van der Waals surface area (Å²) in [6.07, 6.45) is 1.56. The Bertz CT molecular complexity index is 364. The van der Waals surface area contributed by atoms with Crippen LogP contribution in [0.3, 0.4) is 0 Å². The van der Waals surface area contributed by atoms with E-state index in [0.29, 0.717) is 18.9 Å². The fourth-order valence-corrected chi connectivity index (χ4v) is 1.67. The first-order valence-corrected chi connectivity index (χ1v) is 6.70. The van der Waals surface area contributed by atoms with E-state index in [0.717, 1.165) is 12.0 Å². The van der Waals surface area contributed by atoms with Gasteiger partial charge < -0.3 is 5.32 Å². The molecule has 0 aliphatic rings. The molecule has 1 N–H and O–H groups in total. The molecular formula is C16H25NO. The van der Waals surface area contributed by atoms with E-state index in [9.17, 15) is 4.79 Å². The zero-order chi connectivity index (χ0) is 13.6. The number of hydrogen-bond donors (Lipinski definition) is 1. The molecule has 0 aliphatic carbocycles. The van der Waals surface area contributed by atoms with Gasteiger partial charge in [-0.2, -0.15) is 0 Å². The van der Waals surface area contributed by atoms with Crippen LogP contribution in [0.4, 0.5) is 0 Å². The average molecular weight is 247 g/mol. The van der Waals surface area contributed by atoms with Gasteiger partial charge in [0.25, 0.3) is 0 Å². The third-order valence-electron chi connectivity index (χ3n) is 3.62. The molecule has 0 aromatic heterocycles. The van der Waals surface area contributed by atoms with Gasteiger partial charge in [-0.05, 0) is 23.3 Å². The van der Waals surface area contributed by atoms with Crippen LogP contribution in [0.25, 0.3) is 0 Å². The van der Waals surface area contributed by atoms with Crippen LogP contribution in [-0.4, -0.2) is 5.91 Å². The first kappa shape index (κ1) is 14.7. The van der Waals surface area contributed by atoms with Crippen LogP contribution in [0.1, 0.15) is 46.1 Å². The number of nitrogens with one attached hydrogen (secondary N) is 1. The predicted molar refractivity (Wildman–Crippen MR) is 76.1 cm³/mol. The predicted octanol–water partition coefficient (Wildman–Crippen LogP) is 3.77. The lowest BCUT2D eigenvalue weighted by Crippen LogP contribution is -2.25. The Morgan fingerprint density at radius 1 is 1.22 bits per heavy atom. The summed E-state index contributed by atoms with van der Waals surface area (Å²) in [6, 6.07) is 10.0. The summed E-state index contributed by atoms with van der Waals surface area (Å²) in [6.45, 7) is 9.51. The van der Waals surface area contributed by atoms with Crippen LogP contribution < -0.4 is 5.32 Å². The maximum Gasteiger partial charge on any atom is 0.220 e. The van der Waals surface area contributed by atoms with E-state index in [1.165, 1.54) is 0 Å². The van der Waals surface area contributed by atoms with E-state index in [-0.39, 0.29) is 11.3 Å². The largest absolute Gasteiger partial charge is 0.352 e. The van der Waals surface area contributed by atoms with Crippen molar-refractivity contribution in [3.05, 3.63) is 35.9 Å². The monoisotopic (exact) mass is 247 g/mol. The molecule has 1 unspecified atom stereocenters. The average Bonchev–Trinajstić information content (AvgIpc) is 2.33. The maximum absolute atomic E-state index is 11.7. The number of carbonyl (C=O) groups excluding carboxylic acids is 1. The van der Waals surface area contributed by atoms with Crippen molar-refractivity contribution in [3.63, 3.8) is 0 Å². The summed E-state index contributed by atoms with van der Waals surface area (Å²) in [5.41, 5.74) is 1.43. The zero-order valence-corrected chi connectivity index (χ0v) is 12.0. The lowest BCUT2D eigenvalue weighted by molar-refractivity contribution is -0.121. The van der Waals surface area contributed by atoms with Gasteiger partial charge in [-0.1, -0.05) is 58.0 Å². The highest BCUT2D eigenvalue weighted by Gasteiger charge is 2.20. The molecule has 0 aliphatic heterocycles. The molecule has 1 rings (SSSR count). The van der Waals surface area contributed by atoms with E-state index >= 15 is 0 Å². The van der Waals surface area contributed by atoms with Crippen LogP contribution in [0.2, 0.25) is 0 Å². The van der Waals surface area contributed by atoms with Crippen molar-refractivity contribution in [2.75, 3.05) is 0 Å². The second-order valence-corrected chi connectivity index (χ2v) is 6.07. The molecule has 100 valence electrons. The van der Waals surface area contributed by atoms with Crippen molar-refractivity contribution in [3.8, 4) is 0 Å². The molecule has 0 radical (unpaired) electrons. The van der Waals surface area contributed by atoms with E-state index in [4.69, 9.17) is 0 Å². The van der Waals surface area contributed by atoms with E-state index < -0.39 is 0 Å². The number of carbonyl (C=O) groups is 1. The highest BCUT2D eigenvalue weighted by atomic mass is 16.1. The van der Waals surface area contributed by atoms with Crippen LogP contribution in [-0.2, 0) is 11.3 Å². The molecule has 2 heteroatoms. The summed E-state index contributed by atoms with van der Waals surface area (Å²) in [4.78, 5) is 11.7. The Kier molecular flexibility index (Phi) is 5.39. The van der Waals surface area contributed by atoms with Crippen LogP contribution >= 0.6 is 0 Å². The van der Waals surface area contributed by atoms with Gasteiger partial charge in [0.2, 0.25) is 5.91 Å². The Balaban J connectivity index is 2.27. The van der Waals surface area contributed by atoms with Gasteiger partial charge in [-0.3, -0.25) is 4.79 Å². The summed E-state index contributed by atoms with van der Waals surface area (Å²) in [7, 11) is 0. The first-order chi connectivity index (χ1) is 8.39. The van der Waals surface area contributed by atoms with Crippen molar-refractivity contribution in [1.82, 2.24) is 5.32 Å². The topological polar surface area (TPSA) is 29.1 Å². The molecule has 0 saturated heterocycles. The number of rotatable bonds is 5. The number of hydrogen-bond acceptors (Lipinski definition) is 1. The molecule has 0 saturated carbocycles. The molecule has 0 fully saturated rings. The molecule has 1 aromatic carbocycles. The SMILES string of the molecule is CC(CCC(=O)NCc1ccccc1)C(C)(C)C. The summed E-state index contributed by atoms with van der Waals surface area (Å²) < 4.78 is 0. The van der Waals surface area contributed by atoms with Gasteiger partial charge in [0.05, 0.1) is 0 Å². The zero-order valence-electron chi connectivity index (χ0n) is 12.0. The van der Waals surface area contributed by atoms with Gasteiger partial charge in [0.15, 0.2) is 0 Å². The maximum atomic E-state index is 11.7. The molecule has 0 heterocycles. The van der Waals surface area contributed by atoms with Crippen LogP contribution in [0, 0.1) is 11.3 Å². The first-order valence-electron chi connectivity index (χ1n) is 6.70. The second-order valence-electron chi connectivity index (χ2n) is 6.07. The smallest absolute Gasteiger partial charge is 0.220 e. The van der Waals surface area contributed by atoms with Crippen molar-refractivity contribution in [1.29, 1.82) is 0 Å². The van der Waals surface area contributed by atoms with E-state index in [2.05, 4.69) is 33.0 Å². The number of benzene rings is 1. The van der Waals surface area contributed by atoms with Crippen LogP contribution in [0.15, 0.2) is 30.3 Å². The minimum Gasteiger partial charge on any atom is -0.352 e. The standard InChI is InChI=1S/C16H25NO/c1-13(16(2,3)4)10-11-15(18)17-12-14-8-6-5-7-9-14/h5-9,13H,10-12H2,1-4H3,(H,17,18). The van der Waals surface area contributed by atoms with Gasteiger partial charge in [-0.15, -0.1) is 0 Å². The lowest BCUT2D eigenvalue weighted by atomic mass is 9.79. The molecule has 2 nitrogen and oxygen atoms in total. The van der Waals surface area contributed by atoms with Crippen molar-refractivity contribution in [2.24, 2.45) is 11.3 Å². The fraction of sp³-hybridized carbons (Fsp3) is 0.562. The molecule has 0 bridgehead atoms. The quantitative estimate of drug-likeness (QED) is 0.843. The summed E-state index contributed by atoms with van der Waals surface area (Å²) >= 11 is 0. The highest BCUT2D eigenvalue weighted by Crippen LogP contribution is 2.28. The molecule has 1 amide bonds. The Labute approximate surface area is 111 Å². The normalized spacial score (nSPS) is 13.1. The Morgan fingerprint density at radius 3 is 2.39 bits per heavy atom. The fourth-order valence-electron chi connectivity index (χ4n) is 1.67. The van der Waals surface area contributed by atoms with Crippen molar-refractivity contribution >= 4 is 5.91 Å². The van der Waals surface area contributed by atoms with E-state index in [1.54, 1.807) is 0 Å². The molecule has 1 atom stereocenters. The van der Waals surface area contributed by atoms with Gasteiger partial charge >= 0.3 is 0 Å². The van der Waals surface area contributed by atoms with E-state index in [1.807, 2.05) is 30.3 Å². The van der Waals surface area contributed by atoms with Crippen molar-refractivity contribution < 1.29 is 4.79 Å². The molecular weight excluding hydrogens is 222 g/mol.